The minimum absolute atomic E-state index is 0. The number of hydrogen-bond donors (Lipinski definition) is 2. The first kappa shape index (κ1) is 46.9. The van der Waals surface area contributed by atoms with Crippen molar-refractivity contribution < 1.29 is 57.4 Å². The van der Waals surface area contributed by atoms with Gasteiger partial charge in [-0.25, -0.2) is 16.8 Å². The van der Waals surface area contributed by atoms with Crippen molar-refractivity contribution in [1.29, 1.82) is 0 Å². The number of alkyl halides is 6. The summed E-state index contributed by atoms with van der Waals surface area (Å²) >= 11 is 11.7. The molecule has 2 N–H and O–H groups in total. The molecule has 0 amide bonds. The fraction of sp³-hybridized carbons (Fsp3) is 0.128. The largest absolute Gasteiger partial charge is 0.497 e. The maximum absolute atomic E-state index is 13.2. The molecule has 0 spiro atoms. The molecule has 4 aromatic carbocycles. The van der Waals surface area contributed by atoms with Gasteiger partial charge in [-0.2, -0.15) is 26.3 Å². The predicted molar refractivity (Wildman–Crippen MR) is 214 cm³/mol. The molecule has 0 saturated carbocycles. The molecule has 0 radical (unpaired) electrons. The van der Waals surface area contributed by atoms with Crippen molar-refractivity contribution >= 4 is 54.6 Å². The SMILES string of the molecule is C.COc1ccc(S(=O)(=O)Nc2cc(C(F)(F)F)ccc2Oc2cncc(Cl)c2)cc1.Cc1ccc(S(=O)(=O)Nc2cc(C(F)(F)F)ccc2Oc2cncc(Cl)c2)cc1. The predicted octanol–water partition coefficient (Wildman–Crippen LogP) is 11.6. The van der Waals surface area contributed by atoms with Gasteiger partial charge in [-0.05, 0) is 79.7 Å². The fourth-order valence-corrected chi connectivity index (χ4v) is 7.23. The van der Waals surface area contributed by atoms with Crippen molar-refractivity contribution in [2.45, 2.75) is 36.5 Å². The van der Waals surface area contributed by atoms with Crippen LogP contribution in [-0.4, -0.2) is 33.9 Å². The topological polar surface area (TPSA) is 146 Å². The molecule has 0 aliphatic carbocycles. The quantitative estimate of drug-likeness (QED) is 0.121. The van der Waals surface area contributed by atoms with Crippen LogP contribution in [0, 0.1) is 6.92 Å². The highest BCUT2D eigenvalue weighted by Crippen LogP contribution is 2.40. The number of anilines is 2. The van der Waals surface area contributed by atoms with Gasteiger partial charge in [0, 0.05) is 24.5 Å². The average molecular weight is 918 g/mol. The summed E-state index contributed by atoms with van der Waals surface area (Å²) < 4.78 is 150. The molecule has 0 saturated heterocycles. The second-order valence-corrected chi connectivity index (χ2v) is 16.2. The summed E-state index contributed by atoms with van der Waals surface area (Å²) in [7, 11) is -6.96. The van der Waals surface area contributed by atoms with Crippen molar-refractivity contribution in [1.82, 2.24) is 9.97 Å². The van der Waals surface area contributed by atoms with Crippen molar-refractivity contribution in [3.63, 3.8) is 0 Å². The van der Waals surface area contributed by atoms with E-state index in [-0.39, 0.29) is 55.9 Å². The van der Waals surface area contributed by atoms with Gasteiger partial charge in [0.15, 0.2) is 11.5 Å². The zero-order chi connectivity index (χ0) is 43.2. The van der Waals surface area contributed by atoms with Crippen molar-refractivity contribution in [2.24, 2.45) is 0 Å². The third-order valence-corrected chi connectivity index (χ3v) is 10.8. The molecule has 11 nitrogen and oxygen atoms in total. The molecule has 60 heavy (non-hydrogen) atoms. The maximum atomic E-state index is 13.2. The van der Waals surface area contributed by atoms with E-state index in [0.29, 0.717) is 17.9 Å². The van der Waals surface area contributed by atoms with E-state index in [0.717, 1.165) is 29.8 Å². The number of ether oxygens (including phenoxy) is 3. The second kappa shape index (κ2) is 19.1. The number of aromatic nitrogens is 2. The molecular formula is C39H32Cl2F6N4O7S2. The van der Waals surface area contributed by atoms with E-state index in [1.54, 1.807) is 19.1 Å². The Morgan fingerprint density at radius 1 is 0.550 bits per heavy atom. The minimum atomic E-state index is -4.68. The number of sulfonamides is 2. The fourth-order valence-electron chi connectivity index (χ4n) is 4.78. The average Bonchev–Trinajstić information content (AvgIpc) is 3.16. The smallest absolute Gasteiger partial charge is 0.416 e. The Kier molecular flexibility index (Phi) is 14.9. The molecule has 21 heteroatoms. The molecule has 0 bridgehead atoms. The van der Waals surface area contributed by atoms with Crippen LogP contribution in [0.5, 0.6) is 28.7 Å². The normalized spacial score (nSPS) is 11.6. The van der Waals surface area contributed by atoms with Crippen LogP contribution in [0.2, 0.25) is 10.0 Å². The summed E-state index contributed by atoms with van der Waals surface area (Å²) in [5.41, 5.74) is -2.02. The third kappa shape index (κ3) is 12.6. The molecule has 6 rings (SSSR count). The number of hydrogen-bond acceptors (Lipinski definition) is 9. The number of nitrogens with zero attached hydrogens (tertiary/aromatic N) is 2. The summed E-state index contributed by atoms with van der Waals surface area (Å²) in [6.45, 7) is 1.78. The van der Waals surface area contributed by atoms with Crippen molar-refractivity contribution in [3.05, 3.63) is 149 Å². The first-order valence-corrected chi connectivity index (χ1v) is 20.1. The first-order valence-electron chi connectivity index (χ1n) is 16.4. The standard InChI is InChI=1S/C19H14ClF3N2O4S.C19H14ClF3N2O3S.CH4/c1-28-14-3-5-16(6-4-14)30(26,27)25-17-8-12(19(21,22)23)2-7-18(17)29-15-9-13(20)10-24-11-15;1-12-2-5-16(6-3-12)29(26,27)25-17-8-13(19(21,22)23)4-7-18(17)28-15-9-14(20)10-24-11-15;/h2-11,25H,1H3;2-11,25H,1H3;1H4. The molecular weight excluding hydrogens is 885 g/mol. The Labute approximate surface area is 351 Å². The van der Waals surface area contributed by atoms with Crippen LogP contribution in [0.15, 0.2) is 132 Å². The lowest BCUT2D eigenvalue weighted by atomic mass is 10.2. The molecule has 318 valence electrons. The van der Waals surface area contributed by atoms with Gasteiger partial charge in [0.2, 0.25) is 0 Å². The summed E-state index contributed by atoms with van der Waals surface area (Å²) in [5, 5.41) is 0.482. The van der Waals surface area contributed by atoms with Gasteiger partial charge in [-0.1, -0.05) is 48.3 Å². The zero-order valence-electron chi connectivity index (χ0n) is 30.1. The van der Waals surface area contributed by atoms with Crippen LogP contribution < -0.4 is 23.7 Å². The summed E-state index contributed by atoms with van der Waals surface area (Å²) in [4.78, 5) is 7.37. The van der Waals surface area contributed by atoms with Crippen LogP contribution in [0.25, 0.3) is 0 Å². The lowest BCUT2D eigenvalue weighted by molar-refractivity contribution is -0.138. The summed E-state index contributed by atoms with van der Waals surface area (Å²) in [6.07, 6.45) is -4.08. The Hall–Kier alpha value is -5.76. The Balaban J connectivity index is 0.000000260. The molecule has 0 aliphatic rings. The monoisotopic (exact) mass is 916 g/mol. The van der Waals surface area contributed by atoms with Crippen molar-refractivity contribution in [2.75, 3.05) is 16.6 Å². The van der Waals surface area contributed by atoms with Gasteiger partial charge in [-0.15, -0.1) is 0 Å². The van der Waals surface area contributed by atoms with Crippen LogP contribution in [0.4, 0.5) is 37.7 Å². The highest BCUT2D eigenvalue weighted by atomic mass is 35.5. The molecule has 0 atom stereocenters. The van der Waals surface area contributed by atoms with Crippen LogP contribution in [0.3, 0.4) is 0 Å². The number of benzene rings is 4. The molecule has 2 heterocycles. The van der Waals surface area contributed by atoms with Gasteiger partial charge in [0.25, 0.3) is 20.0 Å². The highest BCUT2D eigenvalue weighted by molar-refractivity contribution is 7.93. The molecule has 0 unspecified atom stereocenters. The van der Waals surface area contributed by atoms with E-state index in [4.69, 9.17) is 37.4 Å². The van der Waals surface area contributed by atoms with E-state index in [1.807, 2.05) is 0 Å². The van der Waals surface area contributed by atoms with Crippen LogP contribution >= 0.6 is 23.2 Å². The Morgan fingerprint density at radius 3 is 1.28 bits per heavy atom. The number of pyridine rings is 2. The summed E-state index contributed by atoms with van der Waals surface area (Å²) in [5.74, 6) is 0.368. The Morgan fingerprint density at radius 2 is 0.933 bits per heavy atom. The van der Waals surface area contributed by atoms with Crippen molar-refractivity contribution in [3.8, 4) is 28.7 Å². The highest BCUT2D eigenvalue weighted by Gasteiger charge is 2.33. The van der Waals surface area contributed by atoms with Gasteiger partial charge < -0.3 is 14.2 Å². The second-order valence-electron chi connectivity index (χ2n) is 12.0. The van der Waals surface area contributed by atoms with E-state index in [2.05, 4.69) is 19.4 Å². The van der Waals surface area contributed by atoms with Gasteiger partial charge >= 0.3 is 12.4 Å². The number of halogens is 8. The molecule has 2 aromatic heterocycles. The lowest BCUT2D eigenvalue weighted by Crippen LogP contribution is -2.15. The van der Waals surface area contributed by atoms with E-state index < -0.39 is 49.2 Å². The number of rotatable bonds is 11. The number of nitrogens with one attached hydrogen (secondary N) is 2. The Bertz CT molecular complexity index is 2660. The number of methoxy groups -OCH3 is 1. The molecule has 6 aromatic rings. The van der Waals surface area contributed by atoms with E-state index in [1.165, 1.54) is 80.4 Å². The van der Waals surface area contributed by atoms with Crippen LogP contribution in [0.1, 0.15) is 24.1 Å². The van der Waals surface area contributed by atoms with E-state index in [9.17, 15) is 43.2 Å². The lowest BCUT2D eigenvalue weighted by Gasteiger charge is -2.16. The molecule has 0 aliphatic heterocycles. The van der Waals surface area contributed by atoms with Crippen LogP contribution in [-0.2, 0) is 32.4 Å². The van der Waals surface area contributed by atoms with Gasteiger partial charge in [0.05, 0.1) is 61.8 Å². The van der Waals surface area contributed by atoms with Gasteiger partial charge in [0.1, 0.15) is 17.2 Å². The third-order valence-electron chi connectivity index (χ3n) is 7.62. The molecule has 0 fully saturated rings. The zero-order valence-corrected chi connectivity index (χ0v) is 33.3. The summed E-state index contributed by atoms with van der Waals surface area (Å²) in [6, 6.07) is 18.9. The van der Waals surface area contributed by atoms with E-state index >= 15 is 0 Å². The maximum Gasteiger partial charge on any atom is 0.416 e. The number of aryl methyl sites for hydroxylation is 1. The van der Waals surface area contributed by atoms with Gasteiger partial charge in [-0.3, -0.25) is 19.4 Å². The minimum Gasteiger partial charge on any atom is -0.497 e. The first-order chi connectivity index (χ1) is 27.6.